The highest BCUT2D eigenvalue weighted by molar-refractivity contribution is 7.19. The molecule has 0 saturated carbocycles. The molecular weight excluding hydrogens is 167 g/mol. The number of benzene rings is 1. The van der Waals surface area contributed by atoms with Gasteiger partial charge < -0.3 is 4.74 Å². The second-order valence-corrected chi connectivity index (χ2v) is 3.11. The molecule has 0 fully saturated rings. The van der Waals surface area contributed by atoms with Gasteiger partial charge in [-0.3, -0.25) is 0 Å². The molecule has 12 heavy (non-hydrogen) atoms. The molecule has 1 rings (SSSR count). The van der Waals surface area contributed by atoms with Crippen LogP contribution in [-0.4, -0.2) is 12.9 Å². The molecule has 0 aliphatic rings. The molecule has 0 amide bonds. The summed E-state index contributed by atoms with van der Waals surface area (Å²) in [5.41, 5.74) is 3.61. The molecule has 2 heteroatoms. The number of hydrogen-bond acceptors (Lipinski definition) is 1. The van der Waals surface area contributed by atoms with Crippen LogP contribution in [0.25, 0.3) is 0 Å². The molecule has 1 aromatic rings. The molecule has 0 heterocycles. The van der Waals surface area contributed by atoms with Gasteiger partial charge in [0.25, 0.3) is 0 Å². The number of aryl methyl sites for hydroxylation is 2. The Morgan fingerprint density at radius 1 is 1.25 bits per heavy atom. The summed E-state index contributed by atoms with van der Waals surface area (Å²) in [4.78, 5) is 0. The molecule has 0 N–H and O–H groups in total. The Labute approximate surface area is 75.6 Å². The van der Waals surface area contributed by atoms with E-state index in [-0.39, 0.29) is 0 Å². The normalized spacial score (nSPS) is 9.58. The van der Waals surface area contributed by atoms with Gasteiger partial charge in [0.2, 0.25) is 0 Å². The van der Waals surface area contributed by atoms with Gasteiger partial charge in [-0.1, -0.05) is 0 Å². The molecule has 0 aliphatic carbocycles. The van der Waals surface area contributed by atoms with Crippen molar-refractivity contribution < 1.29 is 4.74 Å². The summed E-state index contributed by atoms with van der Waals surface area (Å²) < 4.78 is 5.21. The molecule has 0 aromatic heterocycles. The average Bonchev–Trinajstić information content (AvgIpc) is 2.09. The fourth-order valence-corrected chi connectivity index (χ4v) is 1.33. The lowest BCUT2D eigenvalue weighted by atomic mass is 10.1. The van der Waals surface area contributed by atoms with Crippen LogP contribution in [0.3, 0.4) is 0 Å². The Kier molecular flexibility index (Phi) is 2.88. The highest BCUT2D eigenvalue weighted by Gasteiger charge is 2.01. The zero-order chi connectivity index (χ0) is 9.14. The standard InChI is InChI=1S/C10H13OP/c1-7-4-9(6-12)10(11-3)5-8(7)2/h4-6,12H,1-3H3. The minimum Gasteiger partial charge on any atom is -0.496 e. The maximum Gasteiger partial charge on any atom is 0.126 e. The van der Waals surface area contributed by atoms with Crippen molar-refractivity contribution >= 4 is 14.7 Å². The van der Waals surface area contributed by atoms with E-state index in [4.69, 9.17) is 4.74 Å². The van der Waals surface area contributed by atoms with Crippen LogP contribution in [0.4, 0.5) is 0 Å². The molecule has 0 unspecified atom stereocenters. The fourth-order valence-electron chi connectivity index (χ4n) is 1.10. The van der Waals surface area contributed by atoms with Gasteiger partial charge >= 0.3 is 0 Å². The average molecular weight is 180 g/mol. The van der Waals surface area contributed by atoms with Gasteiger partial charge in [0.05, 0.1) is 7.11 Å². The highest BCUT2D eigenvalue weighted by atomic mass is 31.0. The molecule has 1 nitrogen and oxygen atoms in total. The lowest BCUT2D eigenvalue weighted by Gasteiger charge is -2.07. The van der Waals surface area contributed by atoms with Gasteiger partial charge in [-0.2, -0.15) is 0 Å². The van der Waals surface area contributed by atoms with Gasteiger partial charge in [-0.05, 0) is 42.9 Å². The molecule has 0 saturated heterocycles. The highest BCUT2D eigenvalue weighted by Crippen LogP contribution is 2.21. The molecule has 0 bridgehead atoms. The van der Waals surface area contributed by atoms with E-state index in [0.29, 0.717) is 0 Å². The van der Waals surface area contributed by atoms with Gasteiger partial charge in [-0.25, -0.2) is 0 Å². The Bertz CT molecular complexity index is 305. The summed E-state index contributed by atoms with van der Waals surface area (Å²) in [5.74, 6) is 2.78. The van der Waals surface area contributed by atoms with Crippen LogP contribution >= 0.6 is 8.86 Å². The van der Waals surface area contributed by atoms with E-state index in [1.54, 1.807) is 7.11 Å². The van der Waals surface area contributed by atoms with E-state index in [9.17, 15) is 0 Å². The summed E-state index contributed by atoms with van der Waals surface area (Å²) in [5, 5.41) is 0. The second kappa shape index (κ2) is 3.73. The third-order valence-corrected chi connectivity index (χ3v) is 2.31. The van der Waals surface area contributed by atoms with Gasteiger partial charge in [-0.15, -0.1) is 8.86 Å². The van der Waals surface area contributed by atoms with E-state index >= 15 is 0 Å². The molecule has 0 spiro atoms. The summed E-state index contributed by atoms with van der Waals surface area (Å²) in [6.07, 6.45) is 0. The summed E-state index contributed by atoms with van der Waals surface area (Å²) >= 11 is 0. The van der Waals surface area contributed by atoms with Crippen LogP contribution in [0.5, 0.6) is 5.75 Å². The first-order chi connectivity index (χ1) is 5.69. The zero-order valence-electron chi connectivity index (χ0n) is 7.64. The SMILES string of the molecule is COc1cc(C)c(C)cc1C=P. The van der Waals surface area contributed by atoms with E-state index in [1.165, 1.54) is 11.1 Å². The number of hydrogen-bond donors (Lipinski definition) is 0. The lowest BCUT2D eigenvalue weighted by Crippen LogP contribution is -1.92. The maximum absolute atomic E-state index is 5.21. The topological polar surface area (TPSA) is 9.23 Å². The van der Waals surface area contributed by atoms with E-state index in [0.717, 1.165) is 11.3 Å². The first kappa shape index (κ1) is 9.28. The van der Waals surface area contributed by atoms with Crippen LogP contribution in [-0.2, 0) is 0 Å². The van der Waals surface area contributed by atoms with Crippen molar-refractivity contribution in [3.05, 3.63) is 28.8 Å². The smallest absolute Gasteiger partial charge is 0.126 e. The first-order valence-electron chi connectivity index (χ1n) is 3.84. The van der Waals surface area contributed by atoms with Crippen LogP contribution in [0, 0.1) is 13.8 Å². The third-order valence-electron chi connectivity index (χ3n) is 2.00. The second-order valence-electron chi connectivity index (χ2n) is 2.82. The van der Waals surface area contributed by atoms with Crippen LogP contribution in [0.15, 0.2) is 12.1 Å². The predicted octanol–water partition coefficient (Wildman–Crippen LogP) is 2.61. The van der Waals surface area contributed by atoms with Crippen molar-refractivity contribution in [2.75, 3.05) is 7.11 Å². The minimum atomic E-state index is 0.910. The minimum absolute atomic E-state index is 0.910. The Hall–Kier alpha value is -0.810. The van der Waals surface area contributed by atoms with Crippen molar-refractivity contribution in [3.8, 4) is 5.75 Å². The summed E-state index contributed by atoms with van der Waals surface area (Å²) in [6.45, 7) is 4.17. The van der Waals surface area contributed by atoms with E-state index in [1.807, 2.05) is 11.9 Å². The summed E-state index contributed by atoms with van der Waals surface area (Å²) in [6, 6.07) is 4.14. The number of methoxy groups -OCH3 is 1. The van der Waals surface area contributed by atoms with Crippen molar-refractivity contribution in [2.45, 2.75) is 13.8 Å². The molecular formula is C10H13OP. The summed E-state index contributed by atoms with van der Waals surface area (Å²) in [7, 11) is 5.03. The van der Waals surface area contributed by atoms with Gasteiger partial charge in [0, 0.05) is 5.56 Å². The van der Waals surface area contributed by atoms with E-state index in [2.05, 4.69) is 28.8 Å². The Morgan fingerprint density at radius 3 is 2.33 bits per heavy atom. The fraction of sp³-hybridized carbons (Fsp3) is 0.300. The molecule has 0 aliphatic heterocycles. The van der Waals surface area contributed by atoms with E-state index < -0.39 is 0 Å². The first-order valence-corrected chi connectivity index (χ1v) is 4.42. The molecule has 64 valence electrons. The van der Waals surface area contributed by atoms with Crippen molar-refractivity contribution in [2.24, 2.45) is 0 Å². The van der Waals surface area contributed by atoms with Gasteiger partial charge in [0.15, 0.2) is 0 Å². The third kappa shape index (κ3) is 1.67. The largest absolute Gasteiger partial charge is 0.496 e. The maximum atomic E-state index is 5.21. The molecule has 1 aromatic carbocycles. The predicted molar refractivity (Wildman–Crippen MR) is 55.9 cm³/mol. The van der Waals surface area contributed by atoms with Crippen molar-refractivity contribution in [1.82, 2.24) is 0 Å². The van der Waals surface area contributed by atoms with Crippen molar-refractivity contribution in [3.63, 3.8) is 0 Å². The number of ether oxygens (including phenoxy) is 1. The quantitative estimate of drug-likeness (QED) is 0.635. The van der Waals surface area contributed by atoms with Crippen molar-refractivity contribution in [1.29, 1.82) is 0 Å². The molecule has 0 atom stereocenters. The van der Waals surface area contributed by atoms with Crippen LogP contribution < -0.4 is 4.74 Å². The van der Waals surface area contributed by atoms with Crippen LogP contribution in [0.1, 0.15) is 16.7 Å². The zero-order valence-corrected chi connectivity index (χ0v) is 8.64. The molecule has 0 radical (unpaired) electrons. The van der Waals surface area contributed by atoms with Crippen LogP contribution in [0.2, 0.25) is 0 Å². The Morgan fingerprint density at radius 2 is 1.83 bits per heavy atom. The lowest BCUT2D eigenvalue weighted by molar-refractivity contribution is 0.414. The van der Waals surface area contributed by atoms with Gasteiger partial charge in [0.1, 0.15) is 5.75 Å². The monoisotopic (exact) mass is 180 g/mol. The number of rotatable bonds is 2. The Balaban J connectivity index is 3.28.